The average Bonchev–Trinajstić information content (AvgIpc) is 2.35. The Morgan fingerprint density at radius 1 is 0.882 bits per heavy atom. The number of rotatable bonds is 0. The monoisotopic (exact) mass is 278 g/mol. The van der Waals surface area contributed by atoms with Crippen molar-refractivity contribution in [3.63, 3.8) is 0 Å². The quantitative estimate of drug-likeness (QED) is 0.473. The van der Waals surface area contributed by atoms with Crippen LogP contribution in [0.5, 0.6) is 0 Å². The summed E-state index contributed by atoms with van der Waals surface area (Å²) < 4.78 is 0. The number of hydrogen-bond acceptors (Lipinski definition) is 0. The maximum absolute atomic E-state index is 6.36. The van der Waals surface area contributed by atoms with E-state index >= 15 is 0 Å². The molecule has 0 atom stereocenters. The van der Waals surface area contributed by atoms with E-state index in [1.54, 1.807) is 6.07 Å². The van der Waals surface area contributed by atoms with Crippen LogP contribution in [0.4, 0.5) is 0 Å². The standard InChI is InChI=1S/C14H5Cl3/c15-12-6-5-10-11(14(12)17)7-8-3-1-2-4-9(8)13(10)16/h2-5,7H. The Morgan fingerprint density at radius 2 is 1.71 bits per heavy atom. The summed E-state index contributed by atoms with van der Waals surface area (Å²) in [5.41, 5.74) is 0. The van der Waals surface area contributed by atoms with Gasteiger partial charge in [0.1, 0.15) is 0 Å². The zero-order chi connectivity index (χ0) is 12.0. The summed E-state index contributed by atoms with van der Waals surface area (Å²) in [5, 5.41) is 5.23. The van der Waals surface area contributed by atoms with Crippen LogP contribution < -0.4 is 0 Å². The van der Waals surface area contributed by atoms with Crippen molar-refractivity contribution in [3.8, 4) is 0 Å². The topological polar surface area (TPSA) is 0 Å². The van der Waals surface area contributed by atoms with Crippen molar-refractivity contribution in [2.24, 2.45) is 0 Å². The van der Waals surface area contributed by atoms with Gasteiger partial charge in [0.25, 0.3) is 0 Å². The number of fused-ring (bicyclic) bond motifs is 2. The van der Waals surface area contributed by atoms with Gasteiger partial charge in [0, 0.05) is 22.2 Å². The number of hydrogen-bond donors (Lipinski definition) is 0. The smallest absolute Gasteiger partial charge is 0.0677 e. The summed E-state index contributed by atoms with van der Waals surface area (Å²) in [5.74, 6) is 0. The van der Waals surface area contributed by atoms with Gasteiger partial charge in [-0.15, -0.1) is 0 Å². The second-order valence-electron chi connectivity index (χ2n) is 3.72. The lowest BCUT2D eigenvalue weighted by Gasteiger charge is -2.07. The SMILES string of the molecule is Clc1[c]cc2c(Cl)c3cc[c]cc3cc2c1Cl. The highest BCUT2D eigenvalue weighted by molar-refractivity contribution is 6.47. The van der Waals surface area contributed by atoms with Crippen LogP contribution in [-0.2, 0) is 0 Å². The summed E-state index contributed by atoms with van der Waals surface area (Å²) >= 11 is 18.5. The molecule has 0 N–H and O–H groups in total. The Balaban J connectivity index is 2.59. The van der Waals surface area contributed by atoms with Crippen molar-refractivity contribution >= 4 is 56.3 Å². The van der Waals surface area contributed by atoms with Crippen LogP contribution in [0.3, 0.4) is 0 Å². The van der Waals surface area contributed by atoms with Gasteiger partial charge in [-0.3, -0.25) is 0 Å². The second-order valence-corrected chi connectivity index (χ2v) is 4.85. The fraction of sp³-hybridized carbons (Fsp3) is 0. The van der Waals surface area contributed by atoms with Gasteiger partial charge in [-0.2, -0.15) is 0 Å². The molecule has 0 saturated carbocycles. The third kappa shape index (κ3) is 1.68. The molecule has 3 rings (SSSR count). The highest BCUT2D eigenvalue weighted by Crippen LogP contribution is 2.38. The molecule has 0 fully saturated rings. The first-order valence-electron chi connectivity index (χ1n) is 4.96. The van der Waals surface area contributed by atoms with Gasteiger partial charge in [-0.05, 0) is 29.7 Å². The zero-order valence-corrected chi connectivity index (χ0v) is 10.8. The molecule has 0 bridgehead atoms. The van der Waals surface area contributed by atoms with E-state index < -0.39 is 0 Å². The van der Waals surface area contributed by atoms with Crippen LogP contribution in [-0.4, -0.2) is 0 Å². The molecule has 0 aliphatic rings. The molecule has 0 nitrogen and oxygen atoms in total. The minimum atomic E-state index is 0.412. The van der Waals surface area contributed by atoms with Gasteiger partial charge in [0.2, 0.25) is 0 Å². The van der Waals surface area contributed by atoms with Crippen LogP contribution in [0.2, 0.25) is 15.1 Å². The lowest BCUT2D eigenvalue weighted by atomic mass is 10.0. The van der Waals surface area contributed by atoms with Crippen LogP contribution in [0.25, 0.3) is 21.5 Å². The molecule has 0 aromatic heterocycles. The molecule has 0 aliphatic heterocycles. The average molecular weight is 280 g/mol. The van der Waals surface area contributed by atoms with E-state index in [9.17, 15) is 0 Å². The predicted molar refractivity (Wildman–Crippen MR) is 74.2 cm³/mol. The maximum atomic E-state index is 6.36. The Bertz CT molecular complexity index is 732. The molecular weight excluding hydrogens is 275 g/mol. The summed E-state index contributed by atoms with van der Waals surface area (Å²) in [6.07, 6.45) is 0. The zero-order valence-electron chi connectivity index (χ0n) is 8.52. The van der Waals surface area contributed by atoms with Crippen LogP contribution in [0.1, 0.15) is 0 Å². The molecule has 3 aromatic carbocycles. The van der Waals surface area contributed by atoms with Crippen LogP contribution in [0, 0.1) is 12.1 Å². The van der Waals surface area contributed by atoms with Crippen molar-refractivity contribution in [1.82, 2.24) is 0 Å². The third-order valence-corrected chi connectivity index (χ3v) is 3.93. The van der Waals surface area contributed by atoms with Gasteiger partial charge in [0.05, 0.1) is 15.1 Å². The highest BCUT2D eigenvalue weighted by atomic mass is 35.5. The fourth-order valence-electron chi connectivity index (χ4n) is 1.90. The molecule has 0 saturated heterocycles. The predicted octanol–water partition coefficient (Wildman–Crippen LogP) is 5.55. The largest absolute Gasteiger partial charge is 0.0830 e. The molecule has 0 unspecified atom stereocenters. The Morgan fingerprint density at radius 3 is 2.53 bits per heavy atom. The summed E-state index contributed by atoms with van der Waals surface area (Å²) in [6, 6.07) is 15.3. The van der Waals surface area contributed by atoms with Gasteiger partial charge < -0.3 is 0 Å². The molecule has 2 radical (unpaired) electrons. The molecular formula is C14H5Cl3. The molecule has 0 aliphatic carbocycles. The molecule has 3 aromatic rings. The summed E-state index contributed by atoms with van der Waals surface area (Å²) in [4.78, 5) is 0. The summed E-state index contributed by atoms with van der Waals surface area (Å²) in [6.45, 7) is 0. The van der Waals surface area contributed by atoms with Crippen molar-refractivity contribution in [2.75, 3.05) is 0 Å². The Hall–Kier alpha value is -0.950. The second kappa shape index (κ2) is 4.06. The first-order chi connectivity index (χ1) is 8.18. The molecule has 17 heavy (non-hydrogen) atoms. The molecule has 0 spiro atoms. The van der Waals surface area contributed by atoms with E-state index in [-0.39, 0.29) is 0 Å². The lowest BCUT2D eigenvalue weighted by Crippen LogP contribution is -1.81. The Kier molecular flexibility index (Phi) is 2.67. The van der Waals surface area contributed by atoms with E-state index in [2.05, 4.69) is 12.1 Å². The lowest BCUT2D eigenvalue weighted by molar-refractivity contribution is 1.74. The molecule has 3 heteroatoms. The normalized spacial score (nSPS) is 11.2. The van der Waals surface area contributed by atoms with E-state index in [4.69, 9.17) is 34.8 Å². The van der Waals surface area contributed by atoms with Crippen molar-refractivity contribution in [2.45, 2.75) is 0 Å². The van der Waals surface area contributed by atoms with Crippen LogP contribution >= 0.6 is 34.8 Å². The third-order valence-electron chi connectivity index (χ3n) is 2.73. The number of benzene rings is 3. The maximum Gasteiger partial charge on any atom is 0.0677 e. The highest BCUT2D eigenvalue weighted by Gasteiger charge is 2.10. The first-order valence-corrected chi connectivity index (χ1v) is 6.09. The fourth-order valence-corrected chi connectivity index (χ4v) is 2.59. The molecule has 82 valence electrons. The van der Waals surface area contributed by atoms with E-state index in [0.717, 1.165) is 21.5 Å². The molecule has 0 heterocycles. The van der Waals surface area contributed by atoms with Gasteiger partial charge in [0.15, 0.2) is 0 Å². The molecule has 0 amide bonds. The minimum absolute atomic E-state index is 0.412. The summed E-state index contributed by atoms with van der Waals surface area (Å²) in [7, 11) is 0. The minimum Gasteiger partial charge on any atom is -0.0830 e. The van der Waals surface area contributed by atoms with Gasteiger partial charge >= 0.3 is 0 Å². The van der Waals surface area contributed by atoms with Crippen molar-refractivity contribution < 1.29 is 0 Å². The van der Waals surface area contributed by atoms with Crippen molar-refractivity contribution in [3.05, 3.63) is 57.5 Å². The van der Waals surface area contributed by atoms with E-state index in [0.29, 0.717) is 15.1 Å². The first kappa shape index (κ1) is 11.2. The van der Waals surface area contributed by atoms with E-state index in [1.165, 1.54) is 0 Å². The van der Waals surface area contributed by atoms with Gasteiger partial charge in [-0.25, -0.2) is 0 Å². The number of halogens is 3. The van der Waals surface area contributed by atoms with Crippen LogP contribution in [0.15, 0.2) is 30.3 Å². The Labute approximate surface area is 114 Å². The van der Waals surface area contributed by atoms with Crippen molar-refractivity contribution in [1.29, 1.82) is 0 Å². The van der Waals surface area contributed by atoms with Gasteiger partial charge in [-0.1, -0.05) is 46.9 Å². The van der Waals surface area contributed by atoms with E-state index in [1.807, 2.05) is 24.3 Å².